The van der Waals surface area contributed by atoms with Crippen molar-refractivity contribution in [3.05, 3.63) is 33.8 Å². The number of aryl methyl sites for hydroxylation is 1. The van der Waals surface area contributed by atoms with Crippen LogP contribution in [0.1, 0.15) is 16.3 Å². The standard InChI is InChI=1S/C13H18N4S/c1-9-12(14)15-10(2)16-13(9)17(3)7-6-11-5-4-8-18-11/h4-5,8H,6-7H2,1-3H3,(H2,14,15,16). The molecule has 0 atom stereocenters. The minimum absolute atomic E-state index is 0.570. The quantitative estimate of drug-likeness (QED) is 0.919. The normalized spacial score (nSPS) is 10.6. The summed E-state index contributed by atoms with van der Waals surface area (Å²) in [5, 5.41) is 2.10. The van der Waals surface area contributed by atoms with E-state index in [-0.39, 0.29) is 0 Å². The van der Waals surface area contributed by atoms with Crippen LogP contribution in [0.4, 0.5) is 11.6 Å². The highest BCUT2D eigenvalue weighted by molar-refractivity contribution is 7.09. The van der Waals surface area contributed by atoms with E-state index in [0.29, 0.717) is 5.82 Å². The molecule has 0 fully saturated rings. The fourth-order valence-electron chi connectivity index (χ4n) is 1.85. The summed E-state index contributed by atoms with van der Waals surface area (Å²) >= 11 is 1.79. The van der Waals surface area contributed by atoms with Crippen molar-refractivity contribution in [3.8, 4) is 0 Å². The van der Waals surface area contributed by atoms with Crippen LogP contribution in [0, 0.1) is 13.8 Å². The van der Waals surface area contributed by atoms with Crippen LogP contribution in [0.5, 0.6) is 0 Å². The van der Waals surface area contributed by atoms with Crippen molar-refractivity contribution in [2.45, 2.75) is 20.3 Å². The molecule has 0 aromatic carbocycles. The first-order valence-corrected chi connectivity index (χ1v) is 6.80. The molecule has 5 heteroatoms. The van der Waals surface area contributed by atoms with E-state index < -0.39 is 0 Å². The molecule has 2 rings (SSSR count). The summed E-state index contributed by atoms with van der Waals surface area (Å²) in [5.41, 5.74) is 6.83. The van der Waals surface area contributed by atoms with Crippen molar-refractivity contribution in [2.24, 2.45) is 0 Å². The van der Waals surface area contributed by atoms with Gasteiger partial charge in [0.25, 0.3) is 0 Å². The Balaban J connectivity index is 2.11. The number of aromatic nitrogens is 2. The lowest BCUT2D eigenvalue weighted by atomic mass is 10.2. The molecule has 2 aromatic rings. The summed E-state index contributed by atoms with van der Waals surface area (Å²) in [4.78, 5) is 12.2. The zero-order valence-corrected chi connectivity index (χ0v) is 11.8. The third-order valence-corrected chi connectivity index (χ3v) is 3.84. The molecule has 0 saturated carbocycles. The molecule has 0 radical (unpaired) electrons. The molecular weight excluding hydrogens is 244 g/mol. The Hall–Kier alpha value is -1.62. The molecule has 2 aromatic heterocycles. The highest BCUT2D eigenvalue weighted by Gasteiger charge is 2.11. The van der Waals surface area contributed by atoms with Crippen molar-refractivity contribution >= 4 is 23.0 Å². The Morgan fingerprint density at radius 1 is 1.33 bits per heavy atom. The lowest BCUT2D eigenvalue weighted by Crippen LogP contribution is -2.23. The molecule has 0 unspecified atom stereocenters. The first-order valence-electron chi connectivity index (χ1n) is 5.92. The Morgan fingerprint density at radius 2 is 2.11 bits per heavy atom. The monoisotopic (exact) mass is 262 g/mol. The Kier molecular flexibility index (Phi) is 3.81. The molecule has 2 heterocycles. The third-order valence-electron chi connectivity index (χ3n) is 2.90. The van der Waals surface area contributed by atoms with Gasteiger partial charge in [0.1, 0.15) is 17.5 Å². The number of anilines is 2. The van der Waals surface area contributed by atoms with E-state index in [1.807, 2.05) is 20.9 Å². The maximum absolute atomic E-state index is 5.87. The maximum atomic E-state index is 5.87. The van der Waals surface area contributed by atoms with Gasteiger partial charge in [0, 0.05) is 24.0 Å². The van der Waals surface area contributed by atoms with Crippen molar-refractivity contribution < 1.29 is 0 Å². The first kappa shape index (κ1) is 12.8. The SMILES string of the molecule is Cc1nc(N)c(C)c(N(C)CCc2cccs2)n1. The van der Waals surface area contributed by atoms with E-state index in [4.69, 9.17) is 5.73 Å². The number of nitrogen functional groups attached to an aromatic ring is 1. The number of nitrogens with two attached hydrogens (primary N) is 1. The van der Waals surface area contributed by atoms with Gasteiger partial charge >= 0.3 is 0 Å². The largest absolute Gasteiger partial charge is 0.383 e. The summed E-state index contributed by atoms with van der Waals surface area (Å²) in [6, 6.07) is 4.24. The Bertz CT molecular complexity index is 522. The maximum Gasteiger partial charge on any atom is 0.137 e. The third kappa shape index (κ3) is 2.79. The van der Waals surface area contributed by atoms with Crippen molar-refractivity contribution in [1.29, 1.82) is 0 Å². The number of nitrogens with zero attached hydrogens (tertiary/aromatic N) is 3. The van der Waals surface area contributed by atoms with E-state index in [1.165, 1.54) is 4.88 Å². The van der Waals surface area contributed by atoms with Crippen LogP contribution in [0.25, 0.3) is 0 Å². The van der Waals surface area contributed by atoms with Crippen molar-refractivity contribution in [3.63, 3.8) is 0 Å². The fraction of sp³-hybridized carbons (Fsp3) is 0.385. The van der Waals surface area contributed by atoms with Gasteiger partial charge in [0.2, 0.25) is 0 Å². The molecule has 0 bridgehead atoms. The highest BCUT2D eigenvalue weighted by atomic mass is 32.1. The van der Waals surface area contributed by atoms with Gasteiger partial charge in [0.15, 0.2) is 0 Å². The molecule has 96 valence electrons. The van der Waals surface area contributed by atoms with Gasteiger partial charge in [-0.15, -0.1) is 11.3 Å². The Morgan fingerprint density at radius 3 is 2.78 bits per heavy atom. The predicted octanol–water partition coefficient (Wildman–Crippen LogP) is 2.42. The van der Waals surface area contributed by atoms with E-state index in [2.05, 4.69) is 32.4 Å². The van der Waals surface area contributed by atoms with E-state index in [9.17, 15) is 0 Å². The second-order valence-electron chi connectivity index (χ2n) is 4.36. The first-order chi connectivity index (χ1) is 8.58. The summed E-state index contributed by atoms with van der Waals surface area (Å²) in [7, 11) is 2.04. The molecule has 18 heavy (non-hydrogen) atoms. The number of hydrogen-bond donors (Lipinski definition) is 1. The van der Waals surface area contributed by atoms with E-state index in [0.717, 1.165) is 30.2 Å². The minimum Gasteiger partial charge on any atom is -0.383 e. The van der Waals surface area contributed by atoms with Gasteiger partial charge in [-0.05, 0) is 31.7 Å². The van der Waals surface area contributed by atoms with Gasteiger partial charge in [0.05, 0.1) is 0 Å². The van der Waals surface area contributed by atoms with Crippen LogP contribution in [0.2, 0.25) is 0 Å². The molecular formula is C13H18N4S. The van der Waals surface area contributed by atoms with Crippen LogP contribution in [0.3, 0.4) is 0 Å². The van der Waals surface area contributed by atoms with Gasteiger partial charge in [-0.2, -0.15) is 0 Å². The number of likely N-dealkylation sites (N-methyl/N-ethyl adjacent to an activating group) is 1. The number of rotatable bonds is 4. The minimum atomic E-state index is 0.570. The second kappa shape index (κ2) is 5.35. The van der Waals surface area contributed by atoms with Crippen LogP contribution in [0.15, 0.2) is 17.5 Å². The van der Waals surface area contributed by atoms with Crippen molar-refractivity contribution in [2.75, 3.05) is 24.2 Å². The Labute approximate surface area is 111 Å². The topological polar surface area (TPSA) is 55.0 Å². The van der Waals surface area contributed by atoms with Crippen LogP contribution in [-0.4, -0.2) is 23.6 Å². The molecule has 0 saturated heterocycles. The number of hydrogen-bond acceptors (Lipinski definition) is 5. The van der Waals surface area contributed by atoms with Gasteiger partial charge in [-0.3, -0.25) is 0 Å². The number of thiophene rings is 1. The molecule has 2 N–H and O–H groups in total. The average Bonchev–Trinajstić information content (AvgIpc) is 2.83. The molecule has 0 aliphatic rings. The van der Waals surface area contributed by atoms with Gasteiger partial charge in [-0.25, -0.2) is 9.97 Å². The molecule has 0 aliphatic heterocycles. The van der Waals surface area contributed by atoms with Crippen LogP contribution in [-0.2, 0) is 6.42 Å². The van der Waals surface area contributed by atoms with Gasteiger partial charge < -0.3 is 10.6 Å². The second-order valence-corrected chi connectivity index (χ2v) is 5.39. The van der Waals surface area contributed by atoms with Gasteiger partial charge in [-0.1, -0.05) is 6.07 Å². The summed E-state index contributed by atoms with van der Waals surface area (Å²) in [5.74, 6) is 2.22. The zero-order valence-electron chi connectivity index (χ0n) is 11.0. The summed E-state index contributed by atoms with van der Waals surface area (Å²) in [6.07, 6.45) is 1.02. The average molecular weight is 262 g/mol. The summed E-state index contributed by atoms with van der Waals surface area (Å²) < 4.78 is 0. The smallest absolute Gasteiger partial charge is 0.137 e. The zero-order chi connectivity index (χ0) is 13.1. The molecule has 0 amide bonds. The molecule has 0 aliphatic carbocycles. The van der Waals surface area contributed by atoms with Crippen LogP contribution >= 0.6 is 11.3 Å². The lowest BCUT2D eigenvalue weighted by molar-refractivity contribution is 0.851. The van der Waals surface area contributed by atoms with Crippen molar-refractivity contribution in [1.82, 2.24) is 9.97 Å². The van der Waals surface area contributed by atoms with E-state index >= 15 is 0 Å². The fourth-order valence-corrected chi connectivity index (χ4v) is 2.54. The van der Waals surface area contributed by atoms with Crippen LogP contribution < -0.4 is 10.6 Å². The molecule has 4 nitrogen and oxygen atoms in total. The predicted molar refractivity (Wildman–Crippen MR) is 77.2 cm³/mol. The summed E-state index contributed by atoms with van der Waals surface area (Å²) in [6.45, 7) is 4.76. The van der Waals surface area contributed by atoms with E-state index in [1.54, 1.807) is 11.3 Å². The molecule has 0 spiro atoms. The lowest BCUT2D eigenvalue weighted by Gasteiger charge is -2.20. The highest BCUT2D eigenvalue weighted by Crippen LogP contribution is 2.21.